The molecule has 2 aromatic carbocycles. The van der Waals surface area contributed by atoms with Gasteiger partial charge in [0.15, 0.2) is 6.61 Å². The number of carbonyl (C=O) groups excluding carboxylic acids is 3. The maximum Gasteiger partial charge on any atom is 0.344 e. The molecule has 0 aliphatic carbocycles. The number of benzene rings is 2. The summed E-state index contributed by atoms with van der Waals surface area (Å²) in [5, 5.41) is 3.57. The second-order valence-electron chi connectivity index (χ2n) is 6.18. The van der Waals surface area contributed by atoms with Crippen LogP contribution in [0.1, 0.15) is 12.5 Å². The molecule has 1 fully saturated rings. The molecule has 1 atom stereocenters. The number of halogens is 1. The zero-order valence-electron chi connectivity index (χ0n) is 15.2. The van der Waals surface area contributed by atoms with E-state index < -0.39 is 30.0 Å². The Hall–Kier alpha value is -3.26. The van der Waals surface area contributed by atoms with Crippen molar-refractivity contribution in [1.82, 2.24) is 15.8 Å². The van der Waals surface area contributed by atoms with E-state index in [0.29, 0.717) is 27.1 Å². The van der Waals surface area contributed by atoms with Gasteiger partial charge in [0.25, 0.3) is 11.8 Å². The molecule has 146 valence electrons. The Morgan fingerprint density at radius 2 is 1.96 bits per heavy atom. The van der Waals surface area contributed by atoms with Crippen molar-refractivity contribution >= 4 is 29.4 Å². The van der Waals surface area contributed by atoms with Crippen molar-refractivity contribution in [2.45, 2.75) is 12.5 Å². The average Bonchev–Trinajstić information content (AvgIpc) is 2.91. The van der Waals surface area contributed by atoms with Crippen molar-refractivity contribution in [1.29, 1.82) is 0 Å². The predicted molar refractivity (Wildman–Crippen MR) is 101 cm³/mol. The van der Waals surface area contributed by atoms with Crippen LogP contribution in [0.3, 0.4) is 0 Å². The molecular weight excluding hydrogens is 386 g/mol. The largest absolute Gasteiger partial charge is 0.497 e. The van der Waals surface area contributed by atoms with Crippen LogP contribution < -0.4 is 20.2 Å². The summed E-state index contributed by atoms with van der Waals surface area (Å²) >= 11 is 5.96. The average molecular weight is 404 g/mol. The van der Waals surface area contributed by atoms with Crippen molar-refractivity contribution < 1.29 is 23.9 Å². The van der Waals surface area contributed by atoms with Crippen LogP contribution in [0.15, 0.2) is 48.5 Å². The minimum atomic E-state index is -1.34. The summed E-state index contributed by atoms with van der Waals surface area (Å²) in [6.07, 6.45) is 0. The number of nitrogens with one attached hydrogen (secondary N) is 2. The molecule has 1 aliphatic rings. The molecule has 1 aliphatic heterocycles. The van der Waals surface area contributed by atoms with E-state index in [2.05, 4.69) is 10.7 Å². The van der Waals surface area contributed by atoms with E-state index in [9.17, 15) is 14.4 Å². The first kappa shape index (κ1) is 19.5. The standard InChI is InChI=1S/C19H18ClN3O5/c1-19(12-6-5-7-13(10-12)27-2)17(25)23(18(26)21-19)22-16(24)11-28-15-9-4-3-8-14(15)20/h3-10H,11H2,1-2H3,(H,21,26)(H,22,24)/t19-/m0/s1. The second-order valence-corrected chi connectivity index (χ2v) is 6.59. The Morgan fingerprint density at radius 1 is 1.21 bits per heavy atom. The first-order chi connectivity index (χ1) is 13.3. The number of hydrogen-bond acceptors (Lipinski definition) is 5. The summed E-state index contributed by atoms with van der Waals surface area (Å²) < 4.78 is 10.5. The summed E-state index contributed by atoms with van der Waals surface area (Å²) in [5.41, 5.74) is 1.43. The highest BCUT2D eigenvalue weighted by Gasteiger charge is 2.50. The van der Waals surface area contributed by atoms with E-state index in [4.69, 9.17) is 21.1 Å². The van der Waals surface area contributed by atoms with E-state index in [0.717, 1.165) is 0 Å². The van der Waals surface area contributed by atoms with Crippen LogP contribution in [0.2, 0.25) is 5.02 Å². The Bertz CT molecular complexity index is 935. The number of nitrogens with zero attached hydrogens (tertiary/aromatic N) is 1. The van der Waals surface area contributed by atoms with Gasteiger partial charge in [0.2, 0.25) is 0 Å². The summed E-state index contributed by atoms with van der Waals surface area (Å²) in [7, 11) is 1.50. The molecule has 1 saturated heterocycles. The molecule has 28 heavy (non-hydrogen) atoms. The molecule has 2 aromatic rings. The molecule has 0 saturated carbocycles. The fourth-order valence-electron chi connectivity index (χ4n) is 2.73. The topological polar surface area (TPSA) is 97.0 Å². The number of methoxy groups -OCH3 is 1. The molecule has 0 radical (unpaired) electrons. The highest BCUT2D eigenvalue weighted by molar-refractivity contribution is 6.32. The molecule has 0 unspecified atom stereocenters. The Kier molecular flexibility index (Phi) is 5.41. The van der Waals surface area contributed by atoms with Crippen molar-refractivity contribution in [3.8, 4) is 11.5 Å². The molecule has 0 aromatic heterocycles. The van der Waals surface area contributed by atoms with E-state index in [-0.39, 0.29) is 0 Å². The van der Waals surface area contributed by atoms with Gasteiger partial charge in [-0.3, -0.25) is 15.0 Å². The Balaban J connectivity index is 1.69. The number of imide groups is 1. The predicted octanol–water partition coefficient (Wildman–Crippen LogP) is 2.23. The lowest BCUT2D eigenvalue weighted by atomic mass is 9.92. The molecule has 1 heterocycles. The zero-order chi connectivity index (χ0) is 20.3. The molecule has 9 heteroatoms. The van der Waals surface area contributed by atoms with Gasteiger partial charge in [0, 0.05) is 0 Å². The minimum absolute atomic E-state index is 0.317. The van der Waals surface area contributed by atoms with E-state index in [1.165, 1.54) is 7.11 Å². The monoisotopic (exact) mass is 403 g/mol. The molecule has 4 amide bonds. The van der Waals surface area contributed by atoms with Crippen LogP contribution in [-0.4, -0.2) is 36.6 Å². The number of amides is 4. The lowest BCUT2D eigenvalue weighted by Gasteiger charge is -2.22. The van der Waals surface area contributed by atoms with Crippen molar-refractivity contribution in [3.63, 3.8) is 0 Å². The van der Waals surface area contributed by atoms with Crippen LogP contribution in [0, 0.1) is 0 Å². The summed E-state index contributed by atoms with van der Waals surface area (Å²) in [6.45, 7) is 1.13. The highest BCUT2D eigenvalue weighted by Crippen LogP contribution is 2.30. The number of hydrazine groups is 1. The number of carbonyl (C=O) groups is 3. The van der Waals surface area contributed by atoms with E-state index in [1.54, 1.807) is 55.5 Å². The Labute approximate surface area is 166 Å². The fourth-order valence-corrected chi connectivity index (χ4v) is 2.92. The van der Waals surface area contributed by atoms with Gasteiger partial charge in [-0.15, -0.1) is 0 Å². The van der Waals surface area contributed by atoms with Gasteiger partial charge in [0.05, 0.1) is 12.1 Å². The number of para-hydroxylation sites is 1. The van der Waals surface area contributed by atoms with Gasteiger partial charge < -0.3 is 14.8 Å². The molecule has 3 rings (SSSR count). The third kappa shape index (κ3) is 3.72. The van der Waals surface area contributed by atoms with Crippen LogP contribution >= 0.6 is 11.6 Å². The van der Waals surface area contributed by atoms with Crippen LogP contribution in [-0.2, 0) is 15.1 Å². The first-order valence-electron chi connectivity index (χ1n) is 8.33. The fraction of sp³-hybridized carbons (Fsp3) is 0.211. The number of ether oxygens (including phenoxy) is 2. The summed E-state index contributed by atoms with van der Waals surface area (Å²) in [5.74, 6) is -0.454. The van der Waals surface area contributed by atoms with Gasteiger partial charge in [0.1, 0.15) is 17.0 Å². The maximum atomic E-state index is 12.8. The molecule has 0 bridgehead atoms. The van der Waals surface area contributed by atoms with Gasteiger partial charge >= 0.3 is 6.03 Å². The third-order valence-electron chi connectivity index (χ3n) is 4.27. The highest BCUT2D eigenvalue weighted by atomic mass is 35.5. The maximum absolute atomic E-state index is 12.8. The minimum Gasteiger partial charge on any atom is -0.497 e. The SMILES string of the molecule is COc1cccc([C@]2(C)NC(=O)N(NC(=O)COc3ccccc3Cl)C2=O)c1. The van der Waals surface area contributed by atoms with Gasteiger partial charge in [-0.25, -0.2) is 4.79 Å². The summed E-state index contributed by atoms with van der Waals surface area (Å²) in [6, 6.07) is 12.7. The van der Waals surface area contributed by atoms with Crippen LogP contribution in [0.5, 0.6) is 11.5 Å². The zero-order valence-corrected chi connectivity index (χ0v) is 15.9. The van der Waals surface area contributed by atoms with Crippen molar-refractivity contribution in [2.24, 2.45) is 0 Å². The first-order valence-corrected chi connectivity index (χ1v) is 8.71. The normalized spacial score (nSPS) is 18.6. The molecule has 8 nitrogen and oxygen atoms in total. The van der Waals surface area contributed by atoms with E-state index >= 15 is 0 Å². The molecule has 2 N–H and O–H groups in total. The smallest absolute Gasteiger partial charge is 0.344 e. The lowest BCUT2D eigenvalue weighted by Crippen LogP contribution is -2.49. The van der Waals surface area contributed by atoms with E-state index in [1.807, 2.05) is 0 Å². The quantitative estimate of drug-likeness (QED) is 0.721. The number of hydrogen-bond donors (Lipinski definition) is 2. The third-order valence-corrected chi connectivity index (χ3v) is 4.58. The molecule has 0 spiro atoms. The summed E-state index contributed by atoms with van der Waals surface area (Å²) in [4.78, 5) is 37.3. The number of rotatable bonds is 6. The lowest BCUT2D eigenvalue weighted by molar-refractivity contribution is -0.139. The van der Waals surface area contributed by atoms with Crippen molar-refractivity contribution in [2.75, 3.05) is 13.7 Å². The van der Waals surface area contributed by atoms with Crippen LogP contribution in [0.4, 0.5) is 4.79 Å². The number of urea groups is 1. The van der Waals surface area contributed by atoms with Gasteiger partial charge in [-0.2, -0.15) is 5.01 Å². The van der Waals surface area contributed by atoms with Gasteiger partial charge in [-0.1, -0.05) is 35.9 Å². The Morgan fingerprint density at radius 3 is 2.68 bits per heavy atom. The van der Waals surface area contributed by atoms with Crippen molar-refractivity contribution in [3.05, 3.63) is 59.1 Å². The van der Waals surface area contributed by atoms with Gasteiger partial charge in [-0.05, 0) is 36.8 Å². The second kappa shape index (κ2) is 7.77. The van der Waals surface area contributed by atoms with Crippen LogP contribution in [0.25, 0.3) is 0 Å². The molecular formula is C19H18ClN3O5.